The van der Waals surface area contributed by atoms with E-state index in [-0.39, 0.29) is 11.5 Å². The predicted octanol–water partition coefficient (Wildman–Crippen LogP) is 1.99. The first kappa shape index (κ1) is 14.6. The van der Waals surface area contributed by atoms with Crippen LogP contribution < -0.4 is 10.2 Å². The highest BCUT2D eigenvalue weighted by atomic mass is 16.4. The van der Waals surface area contributed by atoms with Crippen molar-refractivity contribution >= 4 is 17.7 Å². The molecule has 0 aromatic carbocycles. The number of hydrogen-bond acceptors (Lipinski definition) is 5. The number of hydrogen-bond donors (Lipinski definition) is 2. The Kier molecular flexibility index (Phi) is 4.11. The van der Waals surface area contributed by atoms with E-state index in [1.165, 1.54) is 0 Å². The lowest BCUT2D eigenvalue weighted by atomic mass is 9.97. The summed E-state index contributed by atoms with van der Waals surface area (Å²) >= 11 is 0. The van der Waals surface area contributed by atoms with Crippen molar-refractivity contribution in [2.24, 2.45) is 5.92 Å². The minimum atomic E-state index is -0.692. The SMILES string of the molecule is CC(C)(C)Nc1nccc(N2CCC(C(=O)O)CC2)n1. The Balaban J connectivity index is 2.03. The second-order valence-corrected chi connectivity index (χ2v) is 6.21. The third-order valence-electron chi connectivity index (χ3n) is 3.30. The highest BCUT2D eigenvalue weighted by Gasteiger charge is 2.25. The summed E-state index contributed by atoms with van der Waals surface area (Å²) in [5, 5.41) is 12.3. The van der Waals surface area contributed by atoms with Gasteiger partial charge < -0.3 is 15.3 Å². The Hall–Kier alpha value is -1.85. The first-order valence-electron chi connectivity index (χ1n) is 6.94. The maximum Gasteiger partial charge on any atom is 0.306 e. The second-order valence-electron chi connectivity index (χ2n) is 6.21. The molecule has 2 rings (SSSR count). The molecule has 1 aromatic heterocycles. The monoisotopic (exact) mass is 278 g/mol. The molecule has 0 radical (unpaired) electrons. The van der Waals surface area contributed by atoms with Gasteiger partial charge in [-0.2, -0.15) is 4.98 Å². The molecule has 110 valence electrons. The predicted molar refractivity (Wildman–Crippen MR) is 78.0 cm³/mol. The molecule has 20 heavy (non-hydrogen) atoms. The largest absolute Gasteiger partial charge is 0.481 e. The molecule has 1 fully saturated rings. The van der Waals surface area contributed by atoms with Gasteiger partial charge in [0.05, 0.1) is 5.92 Å². The smallest absolute Gasteiger partial charge is 0.306 e. The number of aromatic nitrogens is 2. The van der Waals surface area contributed by atoms with Gasteiger partial charge in [0.1, 0.15) is 5.82 Å². The van der Waals surface area contributed by atoms with Gasteiger partial charge in [-0.05, 0) is 39.7 Å². The van der Waals surface area contributed by atoms with Gasteiger partial charge in [0.15, 0.2) is 0 Å². The Bertz CT molecular complexity index is 476. The van der Waals surface area contributed by atoms with Crippen LogP contribution in [-0.2, 0) is 4.79 Å². The van der Waals surface area contributed by atoms with Gasteiger partial charge in [0.25, 0.3) is 0 Å². The van der Waals surface area contributed by atoms with E-state index in [1.54, 1.807) is 6.20 Å². The normalized spacial score (nSPS) is 17.1. The van der Waals surface area contributed by atoms with Crippen molar-refractivity contribution in [3.8, 4) is 0 Å². The third kappa shape index (κ3) is 3.82. The molecule has 1 saturated heterocycles. The number of carboxylic acids is 1. The van der Waals surface area contributed by atoms with Crippen LogP contribution in [0, 0.1) is 5.92 Å². The van der Waals surface area contributed by atoms with Crippen LogP contribution >= 0.6 is 0 Å². The molecule has 6 heteroatoms. The Morgan fingerprint density at radius 1 is 1.40 bits per heavy atom. The summed E-state index contributed by atoms with van der Waals surface area (Å²) in [7, 11) is 0. The van der Waals surface area contributed by atoms with Crippen LogP contribution in [0.5, 0.6) is 0 Å². The first-order chi connectivity index (χ1) is 9.35. The van der Waals surface area contributed by atoms with Crippen LogP contribution in [0.3, 0.4) is 0 Å². The average molecular weight is 278 g/mol. The molecular weight excluding hydrogens is 256 g/mol. The Morgan fingerprint density at radius 3 is 2.60 bits per heavy atom. The Morgan fingerprint density at radius 2 is 2.05 bits per heavy atom. The summed E-state index contributed by atoms with van der Waals surface area (Å²) in [6, 6.07) is 1.87. The van der Waals surface area contributed by atoms with Crippen molar-refractivity contribution in [2.75, 3.05) is 23.3 Å². The molecule has 1 aromatic rings. The molecule has 0 spiro atoms. The molecule has 2 N–H and O–H groups in total. The number of anilines is 2. The number of rotatable bonds is 3. The molecular formula is C14H22N4O2. The minimum absolute atomic E-state index is 0.0884. The summed E-state index contributed by atoms with van der Waals surface area (Å²) in [4.78, 5) is 21.8. The van der Waals surface area contributed by atoms with Crippen molar-refractivity contribution < 1.29 is 9.90 Å². The van der Waals surface area contributed by atoms with Gasteiger partial charge in [-0.3, -0.25) is 4.79 Å². The number of nitrogens with zero attached hydrogens (tertiary/aromatic N) is 3. The summed E-state index contributed by atoms with van der Waals surface area (Å²) in [5.74, 6) is 0.550. The number of carboxylic acid groups (broad SMARTS) is 1. The lowest BCUT2D eigenvalue weighted by molar-refractivity contribution is -0.142. The fraction of sp³-hybridized carbons (Fsp3) is 0.643. The highest BCUT2D eigenvalue weighted by molar-refractivity contribution is 5.70. The zero-order valence-corrected chi connectivity index (χ0v) is 12.3. The van der Waals surface area contributed by atoms with E-state index in [0.29, 0.717) is 18.8 Å². The number of carbonyl (C=O) groups is 1. The number of nitrogens with one attached hydrogen (secondary N) is 1. The standard InChI is InChI=1S/C14H22N4O2/c1-14(2,3)17-13-15-7-4-11(16-13)18-8-5-10(6-9-18)12(19)20/h4,7,10H,5-6,8-9H2,1-3H3,(H,19,20)(H,15,16,17). The highest BCUT2D eigenvalue weighted by Crippen LogP contribution is 2.22. The van der Waals surface area contributed by atoms with E-state index in [4.69, 9.17) is 5.11 Å². The van der Waals surface area contributed by atoms with E-state index >= 15 is 0 Å². The summed E-state index contributed by atoms with van der Waals surface area (Å²) in [6.45, 7) is 7.62. The van der Waals surface area contributed by atoms with E-state index in [0.717, 1.165) is 18.9 Å². The molecule has 2 heterocycles. The molecule has 0 saturated carbocycles. The van der Waals surface area contributed by atoms with Crippen molar-refractivity contribution in [1.29, 1.82) is 0 Å². The molecule has 0 amide bonds. The van der Waals surface area contributed by atoms with Crippen LogP contribution in [0.2, 0.25) is 0 Å². The van der Waals surface area contributed by atoms with Gasteiger partial charge in [0.2, 0.25) is 5.95 Å². The van der Waals surface area contributed by atoms with Crippen molar-refractivity contribution in [1.82, 2.24) is 9.97 Å². The molecule has 1 aliphatic rings. The second kappa shape index (κ2) is 5.64. The van der Waals surface area contributed by atoms with Crippen molar-refractivity contribution in [3.05, 3.63) is 12.3 Å². The van der Waals surface area contributed by atoms with Gasteiger partial charge in [0, 0.05) is 24.8 Å². The zero-order valence-electron chi connectivity index (χ0n) is 12.3. The molecule has 0 aliphatic carbocycles. The summed E-state index contributed by atoms with van der Waals surface area (Å²) in [5.41, 5.74) is -0.0884. The molecule has 1 aliphatic heterocycles. The number of aliphatic carboxylic acids is 1. The van der Waals surface area contributed by atoms with Crippen LogP contribution in [0.1, 0.15) is 33.6 Å². The fourth-order valence-electron chi connectivity index (χ4n) is 2.28. The van der Waals surface area contributed by atoms with Gasteiger partial charge >= 0.3 is 5.97 Å². The maximum absolute atomic E-state index is 11.0. The summed E-state index contributed by atoms with van der Waals surface area (Å²) < 4.78 is 0. The van der Waals surface area contributed by atoms with E-state index in [2.05, 4.69) is 41.0 Å². The van der Waals surface area contributed by atoms with Crippen molar-refractivity contribution in [2.45, 2.75) is 39.2 Å². The fourth-order valence-corrected chi connectivity index (χ4v) is 2.28. The lowest BCUT2D eigenvalue weighted by Gasteiger charge is -2.31. The Labute approximate surface area is 119 Å². The van der Waals surface area contributed by atoms with Crippen molar-refractivity contribution in [3.63, 3.8) is 0 Å². The average Bonchev–Trinajstić information content (AvgIpc) is 2.37. The molecule has 0 atom stereocenters. The van der Waals surface area contributed by atoms with Gasteiger partial charge in [-0.15, -0.1) is 0 Å². The molecule has 0 unspecified atom stereocenters. The molecule has 6 nitrogen and oxygen atoms in total. The number of piperidine rings is 1. The van der Waals surface area contributed by atoms with E-state index < -0.39 is 5.97 Å². The topological polar surface area (TPSA) is 78.4 Å². The van der Waals surface area contributed by atoms with Crippen LogP contribution in [0.4, 0.5) is 11.8 Å². The van der Waals surface area contributed by atoms with Gasteiger partial charge in [-0.25, -0.2) is 4.98 Å². The van der Waals surface area contributed by atoms with Crippen LogP contribution in [0.15, 0.2) is 12.3 Å². The first-order valence-corrected chi connectivity index (χ1v) is 6.94. The quantitative estimate of drug-likeness (QED) is 0.880. The van der Waals surface area contributed by atoms with E-state index in [9.17, 15) is 4.79 Å². The molecule has 0 bridgehead atoms. The van der Waals surface area contributed by atoms with Crippen LogP contribution in [-0.4, -0.2) is 39.7 Å². The third-order valence-corrected chi connectivity index (χ3v) is 3.30. The zero-order chi connectivity index (χ0) is 14.8. The summed E-state index contributed by atoms with van der Waals surface area (Å²) in [6.07, 6.45) is 3.07. The van der Waals surface area contributed by atoms with Gasteiger partial charge in [-0.1, -0.05) is 0 Å². The van der Waals surface area contributed by atoms with Crippen LogP contribution in [0.25, 0.3) is 0 Å². The van der Waals surface area contributed by atoms with E-state index in [1.807, 2.05) is 6.07 Å². The lowest BCUT2D eigenvalue weighted by Crippen LogP contribution is -2.37. The maximum atomic E-state index is 11.0. The minimum Gasteiger partial charge on any atom is -0.481 e.